The highest BCUT2D eigenvalue weighted by Crippen LogP contribution is 2.13. The summed E-state index contributed by atoms with van der Waals surface area (Å²) in [5, 5.41) is 8.97. The van der Waals surface area contributed by atoms with Crippen LogP contribution in [0.3, 0.4) is 0 Å². The van der Waals surface area contributed by atoms with E-state index in [2.05, 4.69) is 20.9 Å². The summed E-state index contributed by atoms with van der Waals surface area (Å²) in [6, 6.07) is 7.66. The van der Waals surface area contributed by atoms with E-state index in [0.717, 1.165) is 31.0 Å². The Kier molecular flexibility index (Phi) is 7.88. The van der Waals surface area contributed by atoms with Gasteiger partial charge in [-0.25, -0.2) is 0 Å². The van der Waals surface area contributed by atoms with Crippen molar-refractivity contribution in [2.24, 2.45) is 4.99 Å². The molecule has 1 aromatic carbocycles. The summed E-state index contributed by atoms with van der Waals surface area (Å²) in [4.78, 5) is 15.5. The molecule has 0 atom stereocenters. The molecule has 0 radical (unpaired) electrons. The van der Waals surface area contributed by atoms with Crippen LogP contribution in [-0.4, -0.2) is 38.6 Å². The van der Waals surface area contributed by atoms with Crippen molar-refractivity contribution in [3.8, 4) is 5.75 Å². The maximum atomic E-state index is 11.1. The van der Waals surface area contributed by atoms with Crippen LogP contribution < -0.4 is 20.7 Å². The van der Waals surface area contributed by atoms with Gasteiger partial charge in [-0.2, -0.15) is 0 Å². The van der Waals surface area contributed by atoms with Gasteiger partial charge in [0.25, 0.3) is 5.91 Å². The molecule has 0 aromatic heterocycles. The quantitative estimate of drug-likeness (QED) is 0.637. The Morgan fingerprint density at radius 1 is 1.48 bits per heavy atom. The van der Waals surface area contributed by atoms with E-state index in [4.69, 9.17) is 4.74 Å². The van der Waals surface area contributed by atoms with Gasteiger partial charge in [0.15, 0.2) is 12.6 Å². The van der Waals surface area contributed by atoms with E-state index in [1.165, 1.54) is 0 Å². The number of carbonyl (C=O) groups is 1. The highest BCUT2D eigenvalue weighted by atomic mass is 127. The maximum absolute atomic E-state index is 11.1. The summed E-state index contributed by atoms with van der Waals surface area (Å²) < 4.78 is 5.41. The molecule has 2 rings (SSSR count). The van der Waals surface area contributed by atoms with E-state index < -0.39 is 0 Å². The molecule has 0 spiro atoms. The Hall–Kier alpha value is -1.51. The standard InChI is InChI=1S/C14H20N4O2.HI/c1-15-13(19)10-20-12-5-2-4-11(8-12)9-18-14-16-6-3-7-17-14;/h2,4-5,8H,3,6-7,9-10H2,1H3,(H,15,19)(H2,16,17,18);1H. The highest BCUT2D eigenvalue weighted by Gasteiger charge is 2.04. The van der Waals surface area contributed by atoms with E-state index in [9.17, 15) is 4.79 Å². The van der Waals surface area contributed by atoms with Crippen molar-refractivity contribution in [1.82, 2.24) is 16.0 Å². The summed E-state index contributed by atoms with van der Waals surface area (Å²) in [6.07, 6.45) is 1.08. The molecule has 0 saturated heterocycles. The molecule has 1 heterocycles. The van der Waals surface area contributed by atoms with Crippen molar-refractivity contribution >= 4 is 35.8 Å². The average Bonchev–Trinajstić information content (AvgIpc) is 2.52. The lowest BCUT2D eigenvalue weighted by Crippen LogP contribution is -2.40. The highest BCUT2D eigenvalue weighted by molar-refractivity contribution is 14.0. The molecule has 116 valence electrons. The normalized spacial score (nSPS) is 13.3. The van der Waals surface area contributed by atoms with Crippen LogP contribution in [0.5, 0.6) is 5.75 Å². The number of carbonyl (C=O) groups excluding carboxylic acids is 1. The molecular formula is C14H21IN4O2. The number of guanidine groups is 1. The van der Waals surface area contributed by atoms with E-state index in [1.54, 1.807) is 7.05 Å². The van der Waals surface area contributed by atoms with E-state index >= 15 is 0 Å². The van der Waals surface area contributed by atoms with Gasteiger partial charge in [0.1, 0.15) is 5.75 Å². The monoisotopic (exact) mass is 404 g/mol. The minimum absolute atomic E-state index is 0. The second kappa shape index (κ2) is 9.43. The first-order valence-electron chi connectivity index (χ1n) is 6.72. The summed E-state index contributed by atoms with van der Waals surface area (Å²) in [5.74, 6) is 1.38. The van der Waals surface area contributed by atoms with Crippen molar-refractivity contribution in [3.63, 3.8) is 0 Å². The Morgan fingerprint density at radius 2 is 2.33 bits per heavy atom. The summed E-state index contributed by atoms with van der Waals surface area (Å²) in [5.41, 5.74) is 1.08. The van der Waals surface area contributed by atoms with Gasteiger partial charge in [-0.05, 0) is 24.1 Å². The van der Waals surface area contributed by atoms with E-state index in [0.29, 0.717) is 12.3 Å². The van der Waals surface area contributed by atoms with Crippen LogP contribution in [-0.2, 0) is 11.3 Å². The minimum atomic E-state index is -0.144. The van der Waals surface area contributed by atoms with Crippen molar-refractivity contribution in [3.05, 3.63) is 29.8 Å². The SMILES string of the molecule is CNC(=O)COc1cccc(CNC2=NCCCN2)c1.I. The molecule has 1 aliphatic heterocycles. The summed E-state index contributed by atoms with van der Waals surface area (Å²) in [6.45, 7) is 2.52. The lowest BCUT2D eigenvalue weighted by molar-refractivity contribution is -0.122. The number of nitrogens with zero attached hydrogens (tertiary/aromatic N) is 1. The van der Waals surface area contributed by atoms with Crippen molar-refractivity contribution in [2.75, 3.05) is 26.7 Å². The fourth-order valence-corrected chi connectivity index (χ4v) is 1.80. The number of halogens is 1. The summed E-state index contributed by atoms with van der Waals surface area (Å²) in [7, 11) is 1.59. The Bertz CT molecular complexity index is 494. The average molecular weight is 404 g/mol. The van der Waals surface area contributed by atoms with Crippen LogP contribution in [0.4, 0.5) is 0 Å². The number of hydrogen-bond acceptors (Lipinski definition) is 5. The van der Waals surface area contributed by atoms with Crippen LogP contribution >= 0.6 is 24.0 Å². The molecule has 0 bridgehead atoms. The number of rotatable bonds is 5. The third kappa shape index (κ3) is 6.19. The molecule has 3 N–H and O–H groups in total. The van der Waals surface area contributed by atoms with E-state index in [-0.39, 0.29) is 36.5 Å². The van der Waals surface area contributed by atoms with Crippen LogP contribution in [0.25, 0.3) is 0 Å². The third-order valence-electron chi connectivity index (χ3n) is 2.90. The van der Waals surface area contributed by atoms with Crippen LogP contribution in [0.2, 0.25) is 0 Å². The zero-order valence-electron chi connectivity index (χ0n) is 12.0. The summed E-state index contributed by atoms with van der Waals surface area (Å²) >= 11 is 0. The molecular weight excluding hydrogens is 383 g/mol. The van der Waals surface area contributed by atoms with Gasteiger partial charge in [0, 0.05) is 26.7 Å². The van der Waals surface area contributed by atoms with Gasteiger partial charge >= 0.3 is 0 Å². The lowest BCUT2D eigenvalue weighted by atomic mass is 10.2. The molecule has 1 amide bonds. The second-order valence-corrected chi connectivity index (χ2v) is 4.47. The molecule has 0 fully saturated rings. The topological polar surface area (TPSA) is 74.8 Å². The number of likely N-dealkylation sites (N-methyl/N-ethyl adjacent to an activating group) is 1. The van der Waals surface area contributed by atoms with Crippen molar-refractivity contribution in [2.45, 2.75) is 13.0 Å². The molecule has 7 heteroatoms. The zero-order valence-corrected chi connectivity index (χ0v) is 14.3. The fraction of sp³-hybridized carbons (Fsp3) is 0.429. The van der Waals surface area contributed by atoms with Gasteiger partial charge in [-0.1, -0.05) is 12.1 Å². The van der Waals surface area contributed by atoms with Gasteiger partial charge in [-0.3, -0.25) is 9.79 Å². The smallest absolute Gasteiger partial charge is 0.257 e. The first kappa shape index (κ1) is 17.5. The number of aliphatic imine (C=N–C) groups is 1. The third-order valence-corrected chi connectivity index (χ3v) is 2.90. The molecule has 0 unspecified atom stereocenters. The number of benzene rings is 1. The molecule has 0 saturated carbocycles. The second-order valence-electron chi connectivity index (χ2n) is 4.47. The number of nitrogens with one attached hydrogen (secondary N) is 3. The van der Waals surface area contributed by atoms with Gasteiger partial charge in [-0.15, -0.1) is 24.0 Å². The zero-order chi connectivity index (χ0) is 14.2. The van der Waals surface area contributed by atoms with Crippen molar-refractivity contribution in [1.29, 1.82) is 0 Å². The Morgan fingerprint density at radius 3 is 3.05 bits per heavy atom. The Labute approximate surface area is 141 Å². The van der Waals surface area contributed by atoms with Gasteiger partial charge in [0.2, 0.25) is 0 Å². The van der Waals surface area contributed by atoms with Gasteiger partial charge in [0.05, 0.1) is 0 Å². The van der Waals surface area contributed by atoms with Crippen LogP contribution in [0.15, 0.2) is 29.3 Å². The molecule has 6 nitrogen and oxygen atoms in total. The Balaban J connectivity index is 0.00000220. The number of ether oxygens (including phenoxy) is 1. The van der Waals surface area contributed by atoms with Crippen molar-refractivity contribution < 1.29 is 9.53 Å². The van der Waals surface area contributed by atoms with Gasteiger partial charge < -0.3 is 20.7 Å². The first-order chi connectivity index (χ1) is 9.78. The molecule has 1 aromatic rings. The molecule has 21 heavy (non-hydrogen) atoms. The van der Waals surface area contributed by atoms with Crippen LogP contribution in [0, 0.1) is 0 Å². The predicted molar refractivity (Wildman–Crippen MR) is 93.2 cm³/mol. The minimum Gasteiger partial charge on any atom is -0.484 e. The lowest BCUT2D eigenvalue weighted by Gasteiger charge is -2.16. The largest absolute Gasteiger partial charge is 0.484 e. The maximum Gasteiger partial charge on any atom is 0.257 e. The van der Waals surface area contributed by atoms with Crippen LogP contribution in [0.1, 0.15) is 12.0 Å². The van der Waals surface area contributed by atoms with E-state index in [1.807, 2.05) is 24.3 Å². The fourth-order valence-electron chi connectivity index (χ4n) is 1.80. The predicted octanol–water partition coefficient (Wildman–Crippen LogP) is 0.868. The number of amides is 1. The number of hydrogen-bond donors (Lipinski definition) is 3. The molecule has 1 aliphatic rings. The first-order valence-corrected chi connectivity index (χ1v) is 6.72. The molecule has 0 aliphatic carbocycles.